The van der Waals surface area contributed by atoms with Crippen molar-refractivity contribution in [3.05, 3.63) is 102 Å². The van der Waals surface area contributed by atoms with E-state index in [-0.39, 0.29) is 20.7 Å². The van der Waals surface area contributed by atoms with Gasteiger partial charge in [0.15, 0.2) is 0 Å². The highest BCUT2D eigenvalue weighted by Crippen LogP contribution is 2.25. The Morgan fingerprint density at radius 1 is 0.794 bits per heavy atom. The maximum absolute atomic E-state index is 12.9. The average molecular weight is 494 g/mol. The number of hydrogen-bond donors (Lipinski definition) is 3. The lowest BCUT2D eigenvalue weighted by molar-refractivity contribution is 0.0951. The van der Waals surface area contributed by atoms with Gasteiger partial charge in [0.2, 0.25) is 5.13 Å². The standard InChI is InChI=1S/C23H19N5O4S2/c29-20(17-11-5-2-6-12-17)25-22-26-27-23(33-22)34(31,32)28-19-14-8-7-13-18(19)21(30)24-15-16-9-3-1-4-10-16/h1-14,28H,15H2,(H,24,30)(H,25,26,29). The minimum absolute atomic E-state index is 0.0307. The van der Waals surface area contributed by atoms with Crippen LogP contribution in [0.5, 0.6) is 0 Å². The molecule has 2 amide bonds. The van der Waals surface area contributed by atoms with Crippen LogP contribution in [0, 0.1) is 0 Å². The molecule has 0 bridgehead atoms. The van der Waals surface area contributed by atoms with E-state index in [1.807, 2.05) is 30.3 Å². The molecular formula is C23H19N5O4S2. The summed E-state index contributed by atoms with van der Waals surface area (Å²) >= 11 is 0.699. The number of nitrogens with one attached hydrogen (secondary N) is 3. The highest BCUT2D eigenvalue weighted by molar-refractivity contribution is 7.94. The Kier molecular flexibility index (Phi) is 6.95. The van der Waals surface area contributed by atoms with Crippen LogP contribution in [0.25, 0.3) is 0 Å². The van der Waals surface area contributed by atoms with E-state index >= 15 is 0 Å². The van der Waals surface area contributed by atoms with Crippen molar-refractivity contribution in [3.63, 3.8) is 0 Å². The van der Waals surface area contributed by atoms with E-state index in [1.165, 1.54) is 12.1 Å². The van der Waals surface area contributed by atoms with Gasteiger partial charge < -0.3 is 5.32 Å². The second-order valence-corrected chi connectivity index (χ2v) is 9.85. The molecule has 0 aliphatic heterocycles. The summed E-state index contributed by atoms with van der Waals surface area (Å²) in [6.07, 6.45) is 0. The third kappa shape index (κ3) is 5.63. The zero-order valence-corrected chi connectivity index (χ0v) is 19.3. The monoisotopic (exact) mass is 493 g/mol. The predicted molar refractivity (Wildman–Crippen MR) is 129 cm³/mol. The maximum atomic E-state index is 12.9. The van der Waals surface area contributed by atoms with Gasteiger partial charge in [-0.05, 0) is 29.8 Å². The third-order valence-corrected chi connectivity index (χ3v) is 7.18. The van der Waals surface area contributed by atoms with Crippen LogP contribution < -0.4 is 15.4 Å². The summed E-state index contributed by atoms with van der Waals surface area (Å²) < 4.78 is 27.8. The number of amides is 2. The van der Waals surface area contributed by atoms with Gasteiger partial charge in [-0.15, -0.1) is 10.2 Å². The van der Waals surface area contributed by atoms with E-state index in [9.17, 15) is 18.0 Å². The Morgan fingerprint density at radius 2 is 1.44 bits per heavy atom. The summed E-state index contributed by atoms with van der Waals surface area (Å²) in [7, 11) is -4.15. The van der Waals surface area contributed by atoms with Crippen molar-refractivity contribution in [3.8, 4) is 0 Å². The van der Waals surface area contributed by atoms with Gasteiger partial charge in [0.25, 0.3) is 26.2 Å². The maximum Gasteiger partial charge on any atom is 0.291 e. The second kappa shape index (κ2) is 10.2. The summed E-state index contributed by atoms with van der Waals surface area (Å²) in [6.45, 7) is 0.293. The summed E-state index contributed by atoms with van der Waals surface area (Å²) in [5.41, 5.74) is 1.56. The quantitative estimate of drug-likeness (QED) is 0.322. The SMILES string of the molecule is O=C(Nc1nnc(S(=O)(=O)Nc2ccccc2C(=O)NCc2ccccc2)s1)c1ccccc1. The van der Waals surface area contributed by atoms with Crippen LogP contribution in [0.1, 0.15) is 26.3 Å². The molecule has 0 fully saturated rings. The Bertz CT molecular complexity index is 1410. The van der Waals surface area contributed by atoms with E-state index in [4.69, 9.17) is 0 Å². The predicted octanol–water partition coefficient (Wildman–Crippen LogP) is 3.52. The summed E-state index contributed by atoms with van der Waals surface area (Å²) in [4.78, 5) is 25.0. The molecule has 0 radical (unpaired) electrons. The highest BCUT2D eigenvalue weighted by Gasteiger charge is 2.23. The molecule has 0 saturated carbocycles. The van der Waals surface area contributed by atoms with Crippen molar-refractivity contribution < 1.29 is 18.0 Å². The molecule has 0 aliphatic rings. The van der Waals surface area contributed by atoms with Gasteiger partial charge in [-0.25, -0.2) is 0 Å². The van der Waals surface area contributed by atoms with E-state index in [0.29, 0.717) is 23.4 Å². The number of benzene rings is 3. The lowest BCUT2D eigenvalue weighted by Gasteiger charge is -2.11. The first kappa shape index (κ1) is 23.1. The number of aromatic nitrogens is 2. The van der Waals surface area contributed by atoms with Gasteiger partial charge in [0.1, 0.15) is 0 Å². The van der Waals surface area contributed by atoms with Gasteiger partial charge in [-0.1, -0.05) is 72.0 Å². The number of nitrogens with zero attached hydrogens (tertiary/aromatic N) is 2. The number of carbonyl (C=O) groups excluding carboxylic acids is 2. The molecule has 4 rings (SSSR count). The lowest BCUT2D eigenvalue weighted by Crippen LogP contribution is -2.25. The Hall–Kier alpha value is -4.09. The van der Waals surface area contributed by atoms with Crippen LogP contribution in [-0.2, 0) is 16.6 Å². The summed E-state index contributed by atoms with van der Waals surface area (Å²) in [6, 6.07) is 24.0. The number of anilines is 2. The van der Waals surface area contributed by atoms with Crippen LogP contribution in [-0.4, -0.2) is 30.4 Å². The molecule has 3 aromatic carbocycles. The molecule has 34 heavy (non-hydrogen) atoms. The van der Waals surface area contributed by atoms with Crippen molar-refractivity contribution in [2.24, 2.45) is 0 Å². The number of para-hydroxylation sites is 1. The highest BCUT2D eigenvalue weighted by atomic mass is 32.2. The Labute approximate surface area is 199 Å². The van der Waals surface area contributed by atoms with Crippen molar-refractivity contribution >= 4 is 44.0 Å². The van der Waals surface area contributed by atoms with Crippen molar-refractivity contribution in [2.75, 3.05) is 10.0 Å². The minimum Gasteiger partial charge on any atom is -0.348 e. The van der Waals surface area contributed by atoms with Gasteiger partial charge in [-0.3, -0.25) is 19.6 Å². The first-order valence-electron chi connectivity index (χ1n) is 10.1. The fourth-order valence-electron chi connectivity index (χ4n) is 2.96. The summed E-state index contributed by atoms with van der Waals surface area (Å²) in [5.74, 6) is -0.871. The van der Waals surface area contributed by atoms with Crippen LogP contribution in [0.3, 0.4) is 0 Å². The molecular weight excluding hydrogens is 474 g/mol. The molecule has 0 saturated heterocycles. The zero-order valence-electron chi connectivity index (χ0n) is 17.6. The van der Waals surface area contributed by atoms with Gasteiger partial charge >= 0.3 is 0 Å². The molecule has 1 heterocycles. The first-order chi connectivity index (χ1) is 16.4. The number of sulfonamides is 1. The van der Waals surface area contributed by atoms with E-state index in [1.54, 1.807) is 42.5 Å². The van der Waals surface area contributed by atoms with Crippen molar-refractivity contribution in [1.82, 2.24) is 15.5 Å². The van der Waals surface area contributed by atoms with Crippen LogP contribution >= 0.6 is 11.3 Å². The smallest absolute Gasteiger partial charge is 0.291 e. The molecule has 3 N–H and O–H groups in total. The summed E-state index contributed by atoms with van der Waals surface area (Å²) in [5, 5.41) is 12.8. The van der Waals surface area contributed by atoms with E-state index in [0.717, 1.165) is 5.56 Å². The number of rotatable bonds is 8. The fraction of sp³-hybridized carbons (Fsp3) is 0.0435. The normalized spacial score (nSPS) is 10.9. The number of hydrogen-bond acceptors (Lipinski definition) is 7. The van der Waals surface area contributed by atoms with Crippen molar-refractivity contribution in [1.29, 1.82) is 0 Å². The molecule has 4 aromatic rings. The number of carbonyl (C=O) groups is 2. The molecule has 0 atom stereocenters. The minimum atomic E-state index is -4.15. The van der Waals surface area contributed by atoms with Crippen molar-refractivity contribution in [2.45, 2.75) is 10.9 Å². The second-order valence-electron chi connectivity index (χ2n) is 7.01. The van der Waals surface area contributed by atoms with Gasteiger partial charge in [-0.2, -0.15) is 8.42 Å². The van der Waals surface area contributed by atoms with E-state index < -0.39 is 21.8 Å². The van der Waals surface area contributed by atoms with Crippen LogP contribution in [0.4, 0.5) is 10.8 Å². The average Bonchev–Trinajstić information content (AvgIpc) is 3.33. The molecule has 172 valence electrons. The van der Waals surface area contributed by atoms with E-state index in [2.05, 4.69) is 25.6 Å². The fourth-order valence-corrected chi connectivity index (χ4v) is 4.94. The van der Waals surface area contributed by atoms with Crippen LogP contribution in [0.15, 0.2) is 89.3 Å². The van der Waals surface area contributed by atoms with Crippen LogP contribution in [0.2, 0.25) is 0 Å². The topological polar surface area (TPSA) is 130 Å². The molecule has 0 spiro atoms. The molecule has 0 unspecified atom stereocenters. The molecule has 1 aromatic heterocycles. The lowest BCUT2D eigenvalue weighted by atomic mass is 10.1. The molecule has 9 nitrogen and oxygen atoms in total. The van der Waals surface area contributed by atoms with Gasteiger partial charge in [0, 0.05) is 12.1 Å². The molecule has 11 heteroatoms. The van der Waals surface area contributed by atoms with Gasteiger partial charge in [0.05, 0.1) is 11.3 Å². The zero-order chi connectivity index (χ0) is 24.0. The first-order valence-corrected chi connectivity index (χ1v) is 12.4. The third-order valence-electron chi connectivity index (χ3n) is 4.60. The Balaban J connectivity index is 1.46. The molecule has 0 aliphatic carbocycles. The largest absolute Gasteiger partial charge is 0.348 e. The Morgan fingerprint density at radius 3 is 2.18 bits per heavy atom.